The molecule has 0 fully saturated rings. The van der Waals surface area contributed by atoms with Gasteiger partial charge in [-0.3, -0.25) is 0 Å². The van der Waals surface area contributed by atoms with E-state index in [9.17, 15) is 4.79 Å². The summed E-state index contributed by atoms with van der Waals surface area (Å²) >= 11 is 0. The summed E-state index contributed by atoms with van der Waals surface area (Å²) in [4.78, 5) is 11.8. The van der Waals surface area contributed by atoms with Gasteiger partial charge in [0.15, 0.2) is 0 Å². The van der Waals surface area contributed by atoms with E-state index < -0.39 is 0 Å². The van der Waals surface area contributed by atoms with Gasteiger partial charge in [-0.25, -0.2) is 4.79 Å². The fourth-order valence-electron chi connectivity index (χ4n) is 1.80. The molecule has 19 heavy (non-hydrogen) atoms. The summed E-state index contributed by atoms with van der Waals surface area (Å²) in [5.74, 6) is 0. The molecule has 1 atom stereocenters. The Morgan fingerprint density at radius 3 is 2.53 bits per heavy atom. The van der Waals surface area contributed by atoms with Crippen molar-refractivity contribution in [3.63, 3.8) is 0 Å². The number of urea groups is 1. The standard InChI is InChI=1S/C15H17N3O/c1-11(12-6-5-7-13(16)10-12)17-15(19)18-14-8-3-2-4-9-14/h2-11H,16H2,1H3,(H2,17,18,19). The number of carbonyl (C=O) groups excluding carboxylic acids is 1. The van der Waals surface area contributed by atoms with Crippen molar-refractivity contribution in [1.29, 1.82) is 0 Å². The average Bonchev–Trinajstić information content (AvgIpc) is 2.39. The van der Waals surface area contributed by atoms with Gasteiger partial charge in [-0.2, -0.15) is 0 Å². The molecule has 0 radical (unpaired) electrons. The van der Waals surface area contributed by atoms with Gasteiger partial charge in [-0.1, -0.05) is 30.3 Å². The van der Waals surface area contributed by atoms with Crippen LogP contribution in [0.4, 0.5) is 16.2 Å². The number of amides is 2. The molecule has 2 aromatic carbocycles. The molecule has 0 saturated carbocycles. The average molecular weight is 255 g/mol. The molecular weight excluding hydrogens is 238 g/mol. The second-order valence-corrected chi connectivity index (χ2v) is 4.36. The van der Waals surface area contributed by atoms with Crippen molar-refractivity contribution >= 4 is 17.4 Å². The molecular formula is C15H17N3O. The Morgan fingerprint density at radius 1 is 1.11 bits per heavy atom. The van der Waals surface area contributed by atoms with Crippen molar-refractivity contribution in [2.45, 2.75) is 13.0 Å². The number of hydrogen-bond acceptors (Lipinski definition) is 2. The van der Waals surface area contributed by atoms with Gasteiger partial charge in [-0.05, 0) is 36.8 Å². The Kier molecular flexibility index (Phi) is 4.03. The summed E-state index contributed by atoms with van der Waals surface area (Å²) in [6.45, 7) is 1.92. The van der Waals surface area contributed by atoms with Gasteiger partial charge in [0.05, 0.1) is 6.04 Å². The predicted molar refractivity (Wildman–Crippen MR) is 77.9 cm³/mol. The number of benzene rings is 2. The summed E-state index contributed by atoms with van der Waals surface area (Å²) in [5, 5.41) is 5.64. The third kappa shape index (κ3) is 3.74. The molecule has 0 aliphatic rings. The first-order valence-electron chi connectivity index (χ1n) is 6.13. The van der Waals surface area contributed by atoms with Crippen molar-refractivity contribution in [2.24, 2.45) is 0 Å². The summed E-state index contributed by atoms with van der Waals surface area (Å²) in [5.41, 5.74) is 8.15. The summed E-state index contributed by atoms with van der Waals surface area (Å²) in [6.07, 6.45) is 0. The number of para-hydroxylation sites is 1. The second kappa shape index (κ2) is 5.91. The maximum Gasteiger partial charge on any atom is 0.319 e. The number of nitrogen functional groups attached to an aromatic ring is 1. The molecule has 0 aliphatic heterocycles. The van der Waals surface area contributed by atoms with Gasteiger partial charge >= 0.3 is 6.03 Å². The SMILES string of the molecule is CC(NC(=O)Nc1ccccc1)c1cccc(N)c1. The van der Waals surface area contributed by atoms with Crippen LogP contribution in [0.2, 0.25) is 0 Å². The molecule has 0 saturated heterocycles. The largest absolute Gasteiger partial charge is 0.399 e. The molecule has 98 valence electrons. The fourth-order valence-corrected chi connectivity index (χ4v) is 1.80. The van der Waals surface area contributed by atoms with Crippen LogP contribution < -0.4 is 16.4 Å². The van der Waals surface area contributed by atoms with E-state index in [2.05, 4.69) is 10.6 Å². The Hall–Kier alpha value is -2.49. The van der Waals surface area contributed by atoms with Crippen LogP contribution in [0.25, 0.3) is 0 Å². The molecule has 4 nitrogen and oxygen atoms in total. The van der Waals surface area contributed by atoms with Crippen LogP contribution in [0.15, 0.2) is 54.6 Å². The zero-order chi connectivity index (χ0) is 13.7. The molecule has 2 aromatic rings. The van der Waals surface area contributed by atoms with E-state index in [0.29, 0.717) is 5.69 Å². The minimum Gasteiger partial charge on any atom is -0.399 e. The Balaban J connectivity index is 1.95. The van der Waals surface area contributed by atoms with E-state index in [1.807, 2.05) is 61.5 Å². The molecule has 2 rings (SSSR count). The van der Waals surface area contributed by atoms with Crippen LogP contribution in [0.1, 0.15) is 18.5 Å². The smallest absolute Gasteiger partial charge is 0.319 e. The fraction of sp³-hybridized carbons (Fsp3) is 0.133. The Morgan fingerprint density at radius 2 is 1.84 bits per heavy atom. The summed E-state index contributed by atoms with van der Waals surface area (Å²) < 4.78 is 0. The van der Waals surface area contributed by atoms with E-state index in [1.54, 1.807) is 0 Å². The zero-order valence-electron chi connectivity index (χ0n) is 10.8. The molecule has 4 heteroatoms. The first kappa shape index (κ1) is 13.0. The van der Waals surface area contributed by atoms with Crippen molar-refractivity contribution in [3.05, 3.63) is 60.2 Å². The predicted octanol–water partition coefficient (Wildman–Crippen LogP) is 3.15. The van der Waals surface area contributed by atoms with Gasteiger partial charge in [0.1, 0.15) is 0 Å². The van der Waals surface area contributed by atoms with E-state index in [-0.39, 0.29) is 12.1 Å². The lowest BCUT2D eigenvalue weighted by atomic mass is 10.1. The van der Waals surface area contributed by atoms with Gasteiger partial charge < -0.3 is 16.4 Å². The van der Waals surface area contributed by atoms with Crippen LogP contribution in [0, 0.1) is 0 Å². The van der Waals surface area contributed by atoms with Crippen LogP contribution >= 0.6 is 0 Å². The number of carbonyl (C=O) groups is 1. The minimum atomic E-state index is -0.235. The third-order valence-electron chi connectivity index (χ3n) is 2.79. The number of hydrogen-bond donors (Lipinski definition) is 3. The van der Waals surface area contributed by atoms with E-state index in [4.69, 9.17) is 5.73 Å². The maximum atomic E-state index is 11.8. The lowest BCUT2D eigenvalue weighted by Gasteiger charge is -2.15. The lowest BCUT2D eigenvalue weighted by molar-refractivity contribution is 0.249. The van der Waals surface area contributed by atoms with Crippen molar-refractivity contribution < 1.29 is 4.79 Å². The highest BCUT2D eigenvalue weighted by Crippen LogP contribution is 2.15. The first-order chi connectivity index (χ1) is 9.15. The first-order valence-corrected chi connectivity index (χ1v) is 6.13. The van der Waals surface area contributed by atoms with Crippen LogP contribution in [-0.4, -0.2) is 6.03 Å². The van der Waals surface area contributed by atoms with Gasteiger partial charge in [0.2, 0.25) is 0 Å². The van der Waals surface area contributed by atoms with Gasteiger partial charge in [-0.15, -0.1) is 0 Å². The van der Waals surface area contributed by atoms with Gasteiger partial charge in [0, 0.05) is 11.4 Å². The van der Waals surface area contributed by atoms with Crippen LogP contribution in [0.5, 0.6) is 0 Å². The molecule has 0 aliphatic carbocycles. The number of rotatable bonds is 3. The topological polar surface area (TPSA) is 67.2 Å². The van der Waals surface area contributed by atoms with E-state index >= 15 is 0 Å². The van der Waals surface area contributed by atoms with Gasteiger partial charge in [0.25, 0.3) is 0 Å². The molecule has 0 aromatic heterocycles. The molecule has 4 N–H and O–H groups in total. The van der Waals surface area contributed by atoms with E-state index in [0.717, 1.165) is 11.3 Å². The van der Waals surface area contributed by atoms with Crippen molar-refractivity contribution in [3.8, 4) is 0 Å². The molecule has 2 amide bonds. The Bertz CT molecular complexity index is 554. The molecule has 1 unspecified atom stereocenters. The highest BCUT2D eigenvalue weighted by Gasteiger charge is 2.09. The zero-order valence-corrected chi connectivity index (χ0v) is 10.8. The van der Waals surface area contributed by atoms with Crippen molar-refractivity contribution in [1.82, 2.24) is 5.32 Å². The normalized spacial score (nSPS) is 11.6. The van der Waals surface area contributed by atoms with Crippen LogP contribution in [-0.2, 0) is 0 Å². The number of nitrogens with one attached hydrogen (secondary N) is 2. The van der Waals surface area contributed by atoms with E-state index in [1.165, 1.54) is 0 Å². The maximum absolute atomic E-state index is 11.8. The second-order valence-electron chi connectivity index (χ2n) is 4.36. The highest BCUT2D eigenvalue weighted by atomic mass is 16.2. The molecule has 0 heterocycles. The number of anilines is 2. The molecule has 0 spiro atoms. The monoisotopic (exact) mass is 255 g/mol. The highest BCUT2D eigenvalue weighted by molar-refractivity contribution is 5.89. The number of nitrogens with two attached hydrogens (primary N) is 1. The lowest BCUT2D eigenvalue weighted by Crippen LogP contribution is -2.31. The third-order valence-corrected chi connectivity index (χ3v) is 2.79. The quantitative estimate of drug-likeness (QED) is 0.737. The summed E-state index contributed by atoms with van der Waals surface area (Å²) in [6, 6.07) is 16.5. The summed E-state index contributed by atoms with van der Waals surface area (Å²) in [7, 11) is 0. The molecule has 0 bridgehead atoms. The van der Waals surface area contributed by atoms with Crippen molar-refractivity contribution in [2.75, 3.05) is 11.1 Å². The Labute approximate surface area is 112 Å². The van der Waals surface area contributed by atoms with Crippen LogP contribution in [0.3, 0.4) is 0 Å². The minimum absolute atomic E-state index is 0.104.